The van der Waals surface area contributed by atoms with Crippen LogP contribution in [0.2, 0.25) is 0 Å². The van der Waals surface area contributed by atoms with Crippen molar-refractivity contribution in [3.8, 4) is 11.5 Å². The molecule has 2 aromatic rings. The second-order valence-corrected chi connectivity index (χ2v) is 16.3. The predicted octanol–water partition coefficient (Wildman–Crippen LogP) is 4.98. The molecule has 0 N–H and O–H groups in total. The Balaban J connectivity index is 1.30. The quantitative estimate of drug-likeness (QED) is 0.394. The summed E-state index contributed by atoms with van der Waals surface area (Å²) in [5.41, 5.74) is 0. The molecule has 9 heteroatoms. The number of nitrogens with zero attached hydrogens (tertiary/aromatic N) is 2. The van der Waals surface area contributed by atoms with Crippen molar-refractivity contribution < 1.29 is 21.6 Å². The molecule has 0 unspecified atom stereocenters. The number of hydrogen-bond donors (Lipinski definition) is 0. The molecule has 4 atom stereocenters. The Morgan fingerprint density at radius 3 is 1.21 bits per heavy atom. The van der Waals surface area contributed by atoms with Crippen molar-refractivity contribution in [1.82, 2.24) is 9.80 Å². The fourth-order valence-corrected chi connectivity index (χ4v) is 8.82. The monoisotopic (exact) mass is 576 g/mol. The number of piperidine rings is 2. The van der Waals surface area contributed by atoms with Crippen LogP contribution in [-0.2, 0) is 19.7 Å². The van der Waals surface area contributed by atoms with Crippen LogP contribution in [0.15, 0.2) is 58.3 Å². The molecule has 0 aliphatic carbocycles. The van der Waals surface area contributed by atoms with Crippen LogP contribution in [0.25, 0.3) is 0 Å². The normalized spacial score (nSPS) is 25.4. The lowest BCUT2D eigenvalue weighted by Crippen LogP contribution is -2.41. The topological polar surface area (TPSA) is 84.0 Å². The zero-order chi connectivity index (χ0) is 28.2. The summed E-state index contributed by atoms with van der Waals surface area (Å²) in [4.78, 5) is 5.08. The summed E-state index contributed by atoms with van der Waals surface area (Å²) in [6.45, 7) is 13.8. The molecule has 39 heavy (non-hydrogen) atoms. The average molecular weight is 577 g/mol. The van der Waals surface area contributed by atoms with Gasteiger partial charge in [-0.05, 0) is 85.0 Å². The molecule has 2 aliphatic rings. The lowest BCUT2D eigenvalue weighted by Gasteiger charge is -2.34. The maximum atomic E-state index is 12.9. The van der Waals surface area contributed by atoms with Crippen molar-refractivity contribution in [2.24, 2.45) is 23.7 Å². The van der Waals surface area contributed by atoms with E-state index in [4.69, 9.17) is 4.74 Å². The molecular formula is C30H44N2O5S2. The van der Waals surface area contributed by atoms with Crippen LogP contribution in [0.4, 0.5) is 0 Å². The van der Waals surface area contributed by atoms with Crippen molar-refractivity contribution in [2.75, 3.05) is 50.8 Å². The molecule has 0 amide bonds. The van der Waals surface area contributed by atoms with Gasteiger partial charge in [-0.15, -0.1) is 0 Å². The zero-order valence-corrected chi connectivity index (χ0v) is 25.4. The first kappa shape index (κ1) is 30.0. The standard InChI is InChI=1S/C30H44N2O5S2/c1-23-17-24(2)20-31(19-23)13-15-38(33,34)29-9-5-27(6-10-29)37-28-7-11-30(12-8-28)39(35,36)16-14-32-21-25(3)18-26(4)22-32/h5-12,23-26H,13-22H2,1-4H3/t23-,24-,25-,26-/m1/s1. The van der Waals surface area contributed by atoms with E-state index in [9.17, 15) is 16.8 Å². The van der Waals surface area contributed by atoms with Crippen LogP contribution in [-0.4, -0.2) is 77.4 Å². The van der Waals surface area contributed by atoms with Gasteiger partial charge in [-0.3, -0.25) is 0 Å². The summed E-state index contributed by atoms with van der Waals surface area (Å²) >= 11 is 0. The molecule has 2 fully saturated rings. The van der Waals surface area contributed by atoms with E-state index < -0.39 is 19.7 Å². The Morgan fingerprint density at radius 2 is 0.897 bits per heavy atom. The van der Waals surface area contributed by atoms with Crippen LogP contribution in [0.5, 0.6) is 11.5 Å². The minimum absolute atomic E-state index is 0.0956. The molecule has 7 nitrogen and oxygen atoms in total. The van der Waals surface area contributed by atoms with Crippen molar-refractivity contribution >= 4 is 19.7 Å². The highest BCUT2D eigenvalue weighted by Gasteiger charge is 2.25. The van der Waals surface area contributed by atoms with Crippen LogP contribution in [0.1, 0.15) is 40.5 Å². The molecule has 216 valence electrons. The third-order valence-corrected chi connectivity index (χ3v) is 11.3. The van der Waals surface area contributed by atoms with Gasteiger partial charge in [-0.25, -0.2) is 16.8 Å². The second kappa shape index (κ2) is 12.7. The zero-order valence-electron chi connectivity index (χ0n) is 23.8. The molecule has 0 bridgehead atoms. The fourth-order valence-electron chi connectivity index (χ4n) is 6.25. The van der Waals surface area contributed by atoms with Crippen LogP contribution < -0.4 is 4.74 Å². The Kier molecular flexibility index (Phi) is 9.78. The minimum Gasteiger partial charge on any atom is -0.457 e. The molecule has 0 radical (unpaired) electrons. The Hall–Kier alpha value is -1.94. The molecular weight excluding hydrogens is 532 g/mol. The van der Waals surface area contributed by atoms with Gasteiger partial charge in [-0.1, -0.05) is 27.7 Å². The van der Waals surface area contributed by atoms with E-state index in [0.29, 0.717) is 48.3 Å². The molecule has 2 heterocycles. The molecule has 2 aromatic carbocycles. The van der Waals surface area contributed by atoms with E-state index in [0.717, 1.165) is 26.2 Å². The van der Waals surface area contributed by atoms with Gasteiger partial charge in [0.15, 0.2) is 19.7 Å². The van der Waals surface area contributed by atoms with E-state index in [-0.39, 0.29) is 21.3 Å². The van der Waals surface area contributed by atoms with Gasteiger partial charge in [0.05, 0.1) is 21.3 Å². The summed E-state index contributed by atoms with van der Waals surface area (Å²) in [6, 6.07) is 12.9. The number of ether oxygens (including phenoxy) is 1. The number of rotatable bonds is 10. The van der Waals surface area contributed by atoms with Crippen molar-refractivity contribution in [2.45, 2.75) is 50.3 Å². The summed E-state index contributed by atoms with van der Waals surface area (Å²) < 4.78 is 57.5. The third-order valence-electron chi connectivity index (χ3n) is 7.84. The Morgan fingerprint density at radius 1 is 0.590 bits per heavy atom. The highest BCUT2D eigenvalue weighted by Crippen LogP contribution is 2.26. The minimum atomic E-state index is -3.39. The second-order valence-electron chi connectivity index (χ2n) is 12.1. The van der Waals surface area contributed by atoms with Gasteiger partial charge in [0, 0.05) is 39.3 Å². The van der Waals surface area contributed by atoms with E-state index in [1.54, 1.807) is 48.5 Å². The van der Waals surface area contributed by atoms with Gasteiger partial charge in [0.25, 0.3) is 0 Å². The van der Waals surface area contributed by atoms with E-state index in [2.05, 4.69) is 37.5 Å². The Bertz CT molecular complexity index is 1170. The maximum Gasteiger partial charge on any atom is 0.179 e. The SMILES string of the molecule is C[C@@H]1C[C@@H](C)CN(CCS(=O)(=O)c2ccc(Oc3ccc(S(=O)(=O)CCN4C[C@H](C)C[C@@H](C)C4)cc3)cc2)C1. The first-order valence-electron chi connectivity index (χ1n) is 14.2. The number of hydrogen-bond acceptors (Lipinski definition) is 7. The van der Waals surface area contributed by atoms with Gasteiger partial charge in [-0.2, -0.15) is 0 Å². The fraction of sp³-hybridized carbons (Fsp3) is 0.600. The smallest absolute Gasteiger partial charge is 0.179 e. The summed E-state index contributed by atoms with van der Waals surface area (Å²) in [5.74, 6) is 3.55. The number of sulfone groups is 2. The molecule has 2 saturated heterocycles. The van der Waals surface area contributed by atoms with E-state index in [1.165, 1.54) is 12.8 Å². The maximum absolute atomic E-state index is 12.9. The molecule has 0 spiro atoms. The molecule has 2 aliphatic heterocycles. The molecule has 0 saturated carbocycles. The Labute approximate surface area is 235 Å². The number of likely N-dealkylation sites (tertiary alicyclic amines) is 2. The van der Waals surface area contributed by atoms with Gasteiger partial charge >= 0.3 is 0 Å². The van der Waals surface area contributed by atoms with E-state index in [1.807, 2.05) is 0 Å². The average Bonchev–Trinajstić information content (AvgIpc) is 2.86. The van der Waals surface area contributed by atoms with Crippen LogP contribution in [0, 0.1) is 23.7 Å². The summed E-state index contributed by atoms with van der Waals surface area (Å²) in [5, 5.41) is 0. The predicted molar refractivity (Wildman–Crippen MR) is 156 cm³/mol. The first-order valence-corrected chi connectivity index (χ1v) is 17.5. The van der Waals surface area contributed by atoms with Crippen molar-refractivity contribution in [1.29, 1.82) is 0 Å². The highest BCUT2D eigenvalue weighted by molar-refractivity contribution is 7.91. The van der Waals surface area contributed by atoms with Gasteiger partial charge in [0.2, 0.25) is 0 Å². The van der Waals surface area contributed by atoms with Crippen molar-refractivity contribution in [3.63, 3.8) is 0 Å². The van der Waals surface area contributed by atoms with Gasteiger partial charge < -0.3 is 14.5 Å². The molecule has 4 rings (SSSR count). The lowest BCUT2D eigenvalue weighted by atomic mass is 9.92. The first-order chi connectivity index (χ1) is 18.4. The third kappa shape index (κ3) is 8.52. The largest absolute Gasteiger partial charge is 0.457 e. The lowest BCUT2D eigenvalue weighted by molar-refractivity contribution is 0.148. The van der Waals surface area contributed by atoms with Gasteiger partial charge in [0.1, 0.15) is 11.5 Å². The van der Waals surface area contributed by atoms with Crippen molar-refractivity contribution in [3.05, 3.63) is 48.5 Å². The van der Waals surface area contributed by atoms with E-state index >= 15 is 0 Å². The summed E-state index contributed by atoms with van der Waals surface area (Å²) in [6.07, 6.45) is 2.39. The molecule has 0 aromatic heterocycles. The van der Waals surface area contributed by atoms with Crippen LogP contribution >= 0.6 is 0 Å². The van der Waals surface area contributed by atoms with Crippen LogP contribution in [0.3, 0.4) is 0 Å². The summed E-state index contributed by atoms with van der Waals surface area (Å²) in [7, 11) is -6.79. The highest BCUT2D eigenvalue weighted by atomic mass is 32.2. The number of benzene rings is 2.